The zero-order valence-electron chi connectivity index (χ0n) is 22.7. The lowest BCUT2D eigenvalue weighted by molar-refractivity contribution is -0.149. The van der Waals surface area contributed by atoms with E-state index in [0.29, 0.717) is 44.7 Å². The fourth-order valence-corrected chi connectivity index (χ4v) is 6.25. The first-order valence-electron chi connectivity index (χ1n) is 13.5. The zero-order chi connectivity index (χ0) is 29.2. The van der Waals surface area contributed by atoms with Crippen LogP contribution in [0.15, 0.2) is 42.7 Å². The molecule has 0 radical (unpaired) electrons. The van der Waals surface area contributed by atoms with E-state index in [1.807, 2.05) is 23.7 Å². The van der Waals surface area contributed by atoms with E-state index >= 15 is 0 Å². The van der Waals surface area contributed by atoms with Gasteiger partial charge in [-0.05, 0) is 67.3 Å². The number of likely N-dealkylation sites (tertiary alicyclic amines) is 1. The molecule has 2 fully saturated rings. The molecule has 2 saturated heterocycles. The SMILES string of the molecule is Cn1cnnc1CC1(c2cccc(N3Cc4c(cc(CN5CCC[C@@]5(C)C(=O)O)cc4C(F)(F)F)C3=O)c2)COC1. The van der Waals surface area contributed by atoms with Gasteiger partial charge in [0.2, 0.25) is 0 Å². The lowest BCUT2D eigenvalue weighted by Crippen LogP contribution is -2.49. The van der Waals surface area contributed by atoms with Crippen molar-refractivity contribution in [2.75, 3.05) is 24.7 Å². The van der Waals surface area contributed by atoms with Gasteiger partial charge in [0.1, 0.15) is 17.7 Å². The van der Waals surface area contributed by atoms with Gasteiger partial charge in [-0.25, -0.2) is 0 Å². The van der Waals surface area contributed by atoms with Crippen molar-refractivity contribution >= 4 is 17.6 Å². The van der Waals surface area contributed by atoms with Crippen LogP contribution in [0, 0.1) is 0 Å². The average molecular weight is 570 g/mol. The molecule has 12 heteroatoms. The maximum Gasteiger partial charge on any atom is 0.416 e. The number of aryl methyl sites for hydroxylation is 1. The maximum absolute atomic E-state index is 14.3. The maximum atomic E-state index is 14.3. The van der Waals surface area contributed by atoms with Gasteiger partial charge in [-0.1, -0.05) is 12.1 Å². The first-order chi connectivity index (χ1) is 19.4. The normalized spacial score (nSPS) is 22.2. The number of carbonyl (C=O) groups is 2. The second-order valence-electron chi connectivity index (χ2n) is 11.5. The standard InChI is InChI=1S/C29H30F3N5O4/c1-27(26(39)40)7-4-8-36(27)13-18-9-21-22(23(10-18)29(30,31)32)14-37(25(21)38)20-6-3-5-19(11-20)28(15-41-16-28)12-24-34-33-17-35(24)2/h3,5-6,9-11,17H,4,7-8,12-16H2,1-2H3,(H,39,40)/t27-/m0/s1. The third kappa shape index (κ3) is 4.58. The monoisotopic (exact) mass is 569 g/mol. The van der Waals surface area contributed by atoms with Gasteiger partial charge in [0, 0.05) is 36.7 Å². The predicted octanol–water partition coefficient (Wildman–Crippen LogP) is 3.94. The molecule has 3 aliphatic rings. The van der Waals surface area contributed by atoms with Gasteiger partial charge >= 0.3 is 12.1 Å². The van der Waals surface area contributed by atoms with Crippen molar-refractivity contribution in [1.29, 1.82) is 0 Å². The van der Waals surface area contributed by atoms with Crippen molar-refractivity contribution in [3.63, 3.8) is 0 Å². The molecular weight excluding hydrogens is 539 g/mol. The van der Waals surface area contributed by atoms with Crippen LogP contribution in [0.3, 0.4) is 0 Å². The molecule has 2 aromatic carbocycles. The number of carboxylic acid groups (broad SMARTS) is 1. The van der Waals surface area contributed by atoms with E-state index in [0.717, 1.165) is 17.5 Å². The average Bonchev–Trinajstić information content (AvgIpc) is 3.58. The molecule has 1 aromatic heterocycles. The number of alkyl halides is 3. The highest BCUT2D eigenvalue weighted by Gasteiger charge is 2.45. The third-order valence-electron chi connectivity index (χ3n) is 8.86. The van der Waals surface area contributed by atoms with Crippen LogP contribution >= 0.6 is 0 Å². The number of fused-ring (bicyclic) bond motifs is 1. The number of halogens is 3. The Labute approximate surface area is 234 Å². The summed E-state index contributed by atoms with van der Waals surface area (Å²) >= 11 is 0. The Hall–Kier alpha value is -3.77. The van der Waals surface area contributed by atoms with E-state index in [-0.39, 0.29) is 35.2 Å². The summed E-state index contributed by atoms with van der Waals surface area (Å²) in [6.45, 7) is 2.73. The molecule has 3 aromatic rings. The van der Waals surface area contributed by atoms with Gasteiger partial charge in [-0.15, -0.1) is 10.2 Å². The van der Waals surface area contributed by atoms with Crippen LogP contribution in [-0.4, -0.2) is 61.9 Å². The van der Waals surface area contributed by atoms with E-state index < -0.39 is 29.2 Å². The Morgan fingerprint density at radius 1 is 1.20 bits per heavy atom. The van der Waals surface area contributed by atoms with Crippen molar-refractivity contribution in [1.82, 2.24) is 19.7 Å². The number of aliphatic carboxylic acids is 1. The van der Waals surface area contributed by atoms with Crippen molar-refractivity contribution in [2.45, 2.75) is 56.4 Å². The molecule has 1 amide bonds. The van der Waals surface area contributed by atoms with Crippen LogP contribution < -0.4 is 4.90 Å². The van der Waals surface area contributed by atoms with Crippen molar-refractivity contribution in [3.05, 3.63) is 76.4 Å². The highest BCUT2D eigenvalue weighted by atomic mass is 19.4. The first-order valence-corrected chi connectivity index (χ1v) is 13.5. The Morgan fingerprint density at radius 3 is 2.61 bits per heavy atom. The van der Waals surface area contributed by atoms with Crippen LogP contribution in [0.4, 0.5) is 18.9 Å². The number of amides is 1. The lowest BCUT2D eigenvalue weighted by Gasteiger charge is -2.42. The topological polar surface area (TPSA) is 101 Å². The van der Waals surface area contributed by atoms with Crippen molar-refractivity contribution in [2.24, 2.45) is 7.05 Å². The van der Waals surface area contributed by atoms with Crippen molar-refractivity contribution < 1.29 is 32.6 Å². The Kier molecular flexibility index (Phi) is 6.46. The molecule has 3 aliphatic heterocycles. The number of carboxylic acids is 1. The Bertz CT molecular complexity index is 1530. The number of ether oxygens (including phenoxy) is 1. The number of rotatable bonds is 7. The molecule has 216 valence electrons. The largest absolute Gasteiger partial charge is 0.480 e. The molecule has 1 atom stereocenters. The first kappa shape index (κ1) is 27.4. The van der Waals surface area contributed by atoms with Gasteiger partial charge in [-0.3, -0.25) is 14.5 Å². The smallest absolute Gasteiger partial charge is 0.416 e. The summed E-state index contributed by atoms with van der Waals surface area (Å²) in [5, 5.41) is 17.9. The van der Waals surface area contributed by atoms with Gasteiger partial charge in [0.05, 0.1) is 25.3 Å². The van der Waals surface area contributed by atoms with E-state index in [1.165, 1.54) is 11.0 Å². The molecule has 0 unspecified atom stereocenters. The van der Waals surface area contributed by atoms with E-state index in [9.17, 15) is 27.9 Å². The summed E-state index contributed by atoms with van der Waals surface area (Å²) < 4.78 is 50.3. The molecule has 6 rings (SSSR count). The Morgan fingerprint density at radius 2 is 1.98 bits per heavy atom. The minimum atomic E-state index is -4.68. The molecule has 0 saturated carbocycles. The van der Waals surface area contributed by atoms with Gasteiger partial charge < -0.3 is 19.3 Å². The third-order valence-corrected chi connectivity index (χ3v) is 8.86. The summed E-state index contributed by atoms with van der Waals surface area (Å²) in [6, 6.07) is 9.86. The number of aromatic nitrogens is 3. The van der Waals surface area contributed by atoms with E-state index in [1.54, 1.807) is 30.3 Å². The molecule has 4 heterocycles. The predicted molar refractivity (Wildman–Crippen MR) is 141 cm³/mol. The number of anilines is 1. The highest BCUT2D eigenvalue weighted by Crippen LogP contribution is 2.42. The number of carbonyl (C=O) groups excluding carboxylic acids is 1. The highest BCUT2D eigenvalue weighted by molar-refractivity contribution is 6.10. The van der Waals surface area contributed by atoms with Crippen LogP contribution in [0.5, 0.6) is 0 Å². The fraction of sp³-hybridized carbons (Fsp3) is 0.448. The number of hydrogen-bond donors (Lipinski definition) is 1. The molecule has 41 heavy (non-hydrogen) atoms. The van der Waals surface area contributed by atoms with Gasteiger partial charge in [0.25, 0.3) is 5.91 Å². The molecule has 1 N–H and O–H groups in total. The number of hydrogen-bond acceptors (Lipinski definition) is 6. The van der Waals surface area contributed by atoms with Gasteiger partial charge in [0.15, 0.2) is 0 Å². The van der Waals surface area contributed by atoms with Crippen LogP contribution in [0.25, 0.3) is 0 Å². The molecule has 9 nitrogen and oxygen atoms in total. The summed E-state index contributed by atoms with van der Waals surface area (Å²) in [7, 11) is 1.86. The van der Waals surface area contributed by atoms with Crippen molar-refractivity contribution in [3.8, 4) is 0 Å². The summed E-state index contributed by atoms with van der Waals surface area (Å²) in [6.07, 6.45) is -1.45. The Balaban J connectivity index is 1.33. The zero-order valence-corrected chi connectivity index (χ0v) is 22.7. The van der Waals surface area contributed by atoms with Crippen LogP contribution in [-0.2, 0) is 47.7 Å². The summed E-state index contributed by atoms with van der Waals surface area (Å²) in [4.78, 5) is 28.6. The molecule has 0 aliphatic carbocycles. The minimum absolute atomic E-state index is 0.00257. The number of benzene rings is 2. The summed E-state index contributed by atoms with van der Waals surface area (Å²) in [5.74, 6) is -0.745. The quantitative estimate of drug-likeness (QED) is 0.460. The fourth-order valence-electron chi connectivity index (χ4n) is 6.25. The second-order valence-corrected chi connectivity index (χ2v) is 11.5. The van der Waals surface area contributed by atoms with E-state index in [4.69, 9.17) is 4.74 Å². The van der Waals surface area contributed by atoms with Crippen LogP contribution in [0.2, 0.25) is 0 Å². The van der Waals surface area contributed by atoms with Crippen LogP contribution in [0.1, 0.15) is 58.2 Å². The van der Waals surface area contributed by atoms with E-state index in [2.05, 4.69) is 10.2 Å². The minimum Gasteiger partial charge on any atom is -0.480 e. The van der Waals surface area contributed by atoms with Gasteiger partial charge in [-0.2, -0.15) is 13.2 Å². The molecular formula is C29H30F3N5O4. The lowest BCUT2D eigenvalue weighted by atomic mass is 9.75. The molecule has 0 bridgehead atoms. The summed E-state index contributed by atoms with van der Waals surface area (Å²) in [5.41, 5.74) is -0.809. The number of nitrogens with zero attached hydrogens (tertiary/aromatic N) is 5. The molecule has 0 spiro atoms. The second kappa shape index (κ2) is 9.66.